The molecule has 0 aromatic carbocycles. The Morgan fingerprint density at radius 1 is 1.23 bits per heavy atom. The minimum absolute atomic E-state index is 0. The minimum atomic E-state index is 0. The van der Waals surface area contributed by atoms with Gasteiger partial charge in [0.2, 0.25) is 0 Å². The van der Waals surface area contributed by atoms with Gasteiger partial charge in [-0.15, -0.1) is 0 Å². The van der Waals surface area contributed by atoms with Crippen molar-refractivity contribution in [3.63, 3.8) is 0 Å². The van der Waals surface area contributed by atoms with Crippen molar-refractivity contribution in [1.82, 2.24) is 9.80 Å². The molecule has 1 aliphatic heterocycles. The molecule has 13 heavy (non-hydrogen) atoms. The summed E-state index contributed by atoms with van der Waals surface area (Å²) < 4.78 is 5.30. The molecular formula is C9H20N2OY-2. The molecule has 3 nitrogen and oxygen atoms in total. The Bertz CT molecular complexity index is 103. The summed E-state index contributed by atoms with van der Waals surface area (Å²) in [5, 5.41) is 0. The predicted molar refractivity (Wildman–Crippen MR) is 51.4 cm³/mol. The first-order valence-corrected chi connectivity index (χ1v) is 4.18. The first kappa shape index (κ1) is 16.4. The average Bonchev–Trinajstić information content (AvgIpc) is 2.04. The van der Waals surface area contributed by atoms with Crippen LogP contribution in [0.3, 0.4) is 0 Å². The molecule has 0 atom stereocenters. The molecule has 0 spiro atoms. The number of hydrogen-bond acceptors (Lipinski definition) is 3. The van der Waals surface area contributed by atoms with Crippen LogP contribution >= 0.6 is 0 Å². The van der Waals surface area contributed by atoms with E-state index in [1.54, 1.807) is 0 Å². The fraction of sp³-hybridized carbons (Fsp3) is 0.778. The SMILES string of the molecule is [CH2-]N1CCN(COCC)CC1.[CH3-].[Y]. The summed E-state index contributed by atoms with van der Waals surface area (Å²) in [4.78, 5) is 4.41. The van der Waals surface area contributed by atoms with Crippen molar-refractivity contribution in [3.8, 4) is 0 Å². The molecule has 1 saturated heterocycles. The van der Waals surface area contributed by atoms with Crippen LogP contribution in [0.5, 0.6) is 0 Å². The Hall–Kier alpha value is 0.984. The molecule has 0 bridgehead atoms. The van der Waals surface area contributed by atoms with E-state index >= 15 is 0 Å². The quantitative estimate of drug-likeness (QED) is 0.700. The van der Waals surface area contributed by atoms with Crippen molar-refractivity contribution < 1.29 is 37.4 Å². The Morgan fingerprint density at radius 2 is 1.77 bits per heavy atom. The van der Waals surface area contributed by atoms with Crippen molar-refractivity contribution in [3.05, 3.63) is 14.5 Å². The first-order chi connectivity index (χ1) is 5.33. The summed E-state index contributed by atoms with van der Waals surface area (Å²) in [6, 6.07) is 0. The number of nitrogens with zero attached hydrogens (tertiary/aromatic N) is 2. The zero-order valence-corrected chi connectivity index (χ0v) is 11.7. The van der Waals surface area contributed by atoms with E-state index in [4.69, 9.17) is 4.74 Å². The molecule has 1 radical (unpaired) electrons. The maximum Gasteiger partial charge on any atom is 0.0990 e. The van der Waals surface area contributed by atoms with Crippen LogP contribution < -0.4 is 0 Å². The molecule has 1 fully saturated rings. The fourth-order valence-electron chi connectivity index (χ4n) is 1.14. The summed E-state index contributed by atoms with van der Waals surface area (Å²) in [6.45, 7) is 7.92. The Balaban J connectivity index is 0. The van der Waals surface area contributed by atoms with Gasteiger partial charge in [-0.05, 0) is 20.0 Å². The average molecular weight is 261 g/mol. The van der Waals surface area contributed by atoms with Crippen LogP contribution in [0.2, 0.25) is 0 Å². The van der Waals surface area contributed by atoms with E-state index in [0.717, 1.165) is 39.5 Å². The molecule has 77 valence electrons. The molecule has 1 rings (SSSR count). The molecule has 0 aromatic heterocycles. The maximum atomic E-state index is 5.30. The maximum absolute atomic E-state index is 5.30. The molecule has 0 aromatic rings. The Labute approximate surface area is 108 Å². The van der Waals surface area contributed by atoms with Crippen LogP contribution in [-0.4, -0.2) is 49.3 Å². The molecule has 4 heteroatoms. The van der Waals surface area contributed by atoms with Gasteiger partial charge < -0.3 is 17.1 Å². The summed E-state index contributed by atoms with van der Waals surface area (Å²) >= 11 is 0. The number of rotatable bonds is 3. The second-order valence-electron chi connectivity index (χ2n) is 2.86. The van der Waals surface area contributed by atoms with E-state index in [0.29, 0.717) is 0 Å². The van der Waals surface area contributed by atoms with Crippen molar-refractivity contribution in [2.45, 2.75) is 6.92 Å². The van der Waals surface area contributed by atoms with Gasteiger partial charge in [-0.1, -0.05) is 0 Å². The third-order valence-electron chi connectivity index (χ3n) is 1.94. The van der Waals surface area contributed by atoms with E-state index < -0.39 is 0 Å². The van der Waals surface area contributed by atoms with Gasteiger partial charge in [0.15, 0.2) is 0 Å². The first-order valence-electron chi connectivity index (χ1n) is 4.18. The van der Waals surface area contributed by atoms with Crippen LogP contribution in [-0.2, 0) is 37.4 Å². The van der Waals surface area contributed by atoms with Crippen molar-refractivity contribution in [2.24, 2.45) is 0 Å². The van der Waals surface area contributed by atoms with E-state index in [-0.39, 0.29) is 40.1 Å². The summed E-state index contributed by atoms with van der Waals surface area (Å²) in [5.74, 6) is 0. The minimum Gasteiger partial charge on any atom is -0.457 e. The van der Waals surface area contributed by atoms with E-state index in [1.807, 2.05) is 6.92 Å². The van der Waals surface area contributed by atoms with Crippen molar-refractivity contribution >= 4 is 0 Å². The Morgan fingerprint density at radius 3 is 2.23 bits per heavy atom. The predicted octanol–water partition coefficient (Wildman–Crippen LogP) is 0.837. The summed E-state index contributed by atoms with van der Waals surface area (Å²) in [5.41, 5.74) is 0. The zero-order chi connectivity index (χ0) is 8.10. The summed E-state index contributed by atoms with van der Waals surface area (Å²) in [6.07, 6.45) is 0. The topological polar surface area (TPSA) is 15.7 Å². The number of ether oxygens (including phenoxy) is 1. The van der Waals surface area contributed by atoms with Crippen LogP contribution in [0.4, 0.5) is 0 Å². The Kier molecular flexibility index (Phi) is 12.0. The number of piperazine rings is 1. The molecule has 1 aliphatic rings. The van der Waals surface area contributed by atoms with E-state index in [9.17, 15) is 0 Å². The van der Waals surface area contributed by atoms with Crippen LogP contribution in [0, 0.1) is 14.5 Å². The largest absolute Gasteiger partial charge is 0.457 e. The summed E-state index contributed by atoms with van der Waals surface area (Å²) in [7, 11) is 3.88. The number of hydrogen-bond donors (Lipinski definition) is 0. The standard InChI is InChI=1S/C8H17N2O.CH3.Y/c1-3-11-8-10-6-4-9(2)5-7-10;;/h2-8H2,1H3;1H3;/q2*-1;. The molecule has 0 N–H and O–H groups in total. The third kappa shape index (κ3) is 6.98. The normalized spacial score (nSPS) is 18.9. The van der Waals surface area contributed by atoms with Crippen LogP contribution in [0.25, 0.3) is 0 Å². The van der Waals surface area contributed by atoms with Gasteiger partial charge >= 0.3 is 0 Å². The van der Waals surface area contributed by atoms with Gasteiger partial charge in [0.25, 0.3) is 0 Å². The van der Waals surface area contributed by atoms with Gasteiger partial charge in [0.1, 0.15) is 0 Å². The zero-order valence-electron chi connectivity index (χ0n) is 8.83. The van der Waals surface area contributed by atoms with E-state index in [1.165, 1.54) is 0 Å². The molecule has 0 aliphatic carbocycles. The fourth-order valence-corrected chi connectivity index (χ4v) is 1.14. The van der Waals surface area contributed by atoms with E-state index in [2.05, 4.69) is 16.8 Å². The van der Waals surface area contributed by atoms with Gasteiger partial charge in [0.05, 0.1) is 6.73 Å². The van der Waals surface area contributed by atoms with Crippen LogP contribution in [0.15, 0.2) is 0 Å². The van der Waals surface area contributed by atoms with Crippen LogP contribution in [0.1, 0.15) is 6.92 Å². The van der Waals surface area contributed by atoms with Gasteiger partial charge in [0, 0.05) is 52.4 Å². The monoisotopic (exact) mass is 261 g/mol. The molecule has 0 saturated carbocycles. The van der Waals surface area contributed by atoms with Gasteiger partial charge in [-0.2, -0.15) is 0 Å². The second kappa shape index (κ2) is 9.54. The second-order valence-corrected chi connectivity index (χ2v) is 2.86. The molecule has 0 amide bonds. The smallest absolute Gasteiger partial charge is 0.0990 e. The van der Waals surface area contributed by atoms with Gasteiger partial charge in [-0.3, -0.25) is 11.9 Å². The molecule has 0 unspecified atom stereocenters. The molecule has 1 heterocycles. The van der Waals surface area contributed by atoms with Gasteiger partial charge in [-0.25, -0.2) is 0 Å². The van der Waals surface area contributed by atoms with Crippen molar-refractivity contribution in [2.75, 3.05) is 39.5 Å². The van der Waals surface area contributed by atoms with Crippen molar-refractivity contribution in [1.29, 1.82) is 0 Å². The molecular weight excluding hydrogens is 241 g/mol. The third-order valence-corrected chi connectivity index (χ3v) is 1.94.